The van der Waals surface area contributed by atoms with Gasteiger partial charge in [-0.2, -0.15) is 0 Å². The van der Waals surface area contributed by atoms with E-state index in [4.69, 9.17) is 0 Å². The third-order valence-electron chi connectivity index (χ3n) is 3.23. The Hall–Kier alpha value is -2.43. The SMILES string of the molecule is Cc1cc(C)c(C(=O)NCCc2ccccc2F)c(=O)[nH]1. The largest absolute Gasteiger partial charge is 0.352 e. The van der Waals surface area contributed by atoms with Gasteiger partial charge in [-0.25, -0.2) is 4.39 Å². The maximum atomic E-state index is 13.4. The van der Waals surface area contributed by atoms with Crippen LogP contribution in [0.25, 0.3) is 0 Å². The van der Waals surface area contributed by atoms with E-state index < -0.39 is 11.5 Å². The highest BCUT2D eigenvalue weighted by Gasteiger charge is 2.13. The summed E-state index contributed by atoms with van der Waals surface area (Å²) in [5.74, 6) is -0.735. The number of rotatable bonds is 4. The van der Waals surface area contributed by atoms with Crippen molar-refractivity contribution in [2.24, 2.45) is 0 Å². The molecule has 0 saturated carbocycles. The zero-order chi connectivity index (χ0) is 15.4. The van der Waals surface area contributed by atoms with E-state index >= 15 is 0 Å². The van der Waals surface area contributed by atoms with Gasteiger partial charge in [0, 0.05) is 12.2 Å². The first kappa shape index (κ1) is 15.0. The second-order valence-electron chi connectivity index (χ2n) is 4.94. The van der Waals surface area contributed by atoms with Crippen LogP contribution >= 0.6 is 0 Å². The summed E-state index contributed by atoms with van der Waals surface area (Å²) in [6, 6.07) is 8.16. The average Bonchev–Trinajstić information content (AvgIpc) is 2.39. The smallest absolute Gasteiger partial charge is 0.261 e. The number of hydrogen-bond acceptors (Lipinski definition) is 2. The summed E-state index contributed by atoms with van der Waals surface area (Å²) in [5, 5.41) is 2.65. The van der Waals surface area contributed by atoms with Gasteiger partial charge >= 0.3 is 0 Å². The van der Waals surface area contributed by atoms with Crippen LogP contribution in [0.1, 0.15) is 27.2 Å². The fraction of sp³-hybridized carbons (Fsp3) is 0.250. The minimum Gasteiger partial charge on any atom is -0.352 e. The average molecular weight is 288 g/mol. The molecule has 2 aromatic rings. The first-order chi connectivity index (χ1) is 9.99. The van der Waals surface area contributed by atoms with Crippen molar-refractivity contribution in [2.75, 3.05) is 6.54 Å². The van der Waals surface area contributed by atoms with Crippen molar-refractivity contribution < 1.29 is 9.18 Å². The number of amides is 1. The lowest BCUT2D eigenvalue weighted by molar-refractivity contribution is 0.0952. The summed E-state index contributed by atoms with van der Waals surface area (Å²) in [6.45, 7) is 3.74. The van der Waals surface area contributed by atoms with Gasteiger partial charge in [0.1, 0.15) is 11.4 Å². The molecule has 2 N–H and O–H groups in total. The molecule has 0 bridgehead atoms. The molecule has 4 nitrogen and oxygen atoms in total. The Morgan fingerprint density at radius 3 is 2.67 bits per heavy atom. The molecule has 110 valence electrons. The summed E-state index contributed by atoms with van der Waals surface area (Å²) in [6.07, 6.45) is 0.376. The molecule has 0 unspecified atom stereocenters. The Morgan fingerprint density at radius 1 is 1.29 bits per heavy atom. The number of aromatic nitrogens is 1. The molecular weight excluding hydrogens is 271 g/mol. The third-order valence-corrected chi connectivity index (χ3v) is 3.23. The van der Waals surface area contributed by atoms with Gasteiger partial charge in [0.2, 0.25) is 0 Å². The molecule has 0 saturated heterocycles. The quantitative estimate of drug-likeness (QED) is 0.905. The van der Waals surface area contributed by atoms with Gasteiger partial charge < -0.3 is 10.3 Å². The topological polar surface area (TPSA) is 62.0 Å². The molecule has 2 rings (SSSR count). The van der Waals surface area contributed by atoms with Crippen molar-refractivity contribution in [2.45, 2.75) is 20.3 Å². The highest BCUT2D eigenvalue weighted by Crippen LogP contribution is 2.07. The molecule has 0 aliphatic rings. The van der Waals surface area contributed by atoms with E-state index in [1.807, 2.05) is 0 Å². The maximum Gasteiger partial charge on any atom is 0.261 e. The predicted molar refractivity (Wildman–Crippen MR) is 79.0 cm³/mol. The molecule has 21 heavy (non-hydrogen) atoms. The molecule has 0 radical (unpaired) electrons. The van der Waals surface area contributed by atoms with Crippen LogP contribution in [0, 0.1) is 19.7 Å². The van der Waals surface area contributed by atoms with Gasteiger partial charge in [0.25, 0.3) is 11.5 Å². The first-order valence-electron chi connectivity index (χ1n) is 6.71. The van der Waals surface area contributed by atoms with Crippen molar-refractivity contribution in [3.8, 4) is 0 Å². The number of hydrogen-bond donors (Lipinski definition) is 2. The van der Waals surface area contributed by atoms with E-state index in [9.17, 15) is 14.0 Å². The standard InChI is InChI=1S/C16H17FN2O2/c1-10-9-11(2)19-16(21)14(10)15(20)18-8-7-12-5-3-4-6-13(12)17/h3-6,9H,7-8H2,1-2H3,(H,18,20)(H,19,21). The lowest BCUT2D eigenvalue weighted by atomic mass is 10.1. The van der Waals surface area contributed by atoms with Gasteiger partial charge in [0.05, 0.1) is 0 Å². The van der Waals surface area contributed by atoms with E-state index in [2.05, 4.69) is 10.3 Å². The van der Waals surface area contributed by atoms with Crippen LogP contribution in [0.2, 0.25) is 0 Å². The summed E-state index contributed by atoms with van der Waals surface area (Å²) >= 11 is 0. The van der Waals surface area contributed by atoms with Crippen LogP contribution in [-0.4, -0.2) is 17.4 Å². The molecule has 1 aromatic heterocycles. The van der Waals surface area contributed by atoms with Crippen molar-refractivity contribution in [1.82, 2.24) is 10.3 Å². The van der Waals surface area contributed by atoms with Crippen molar-refractivity contribution in [3.05, 3.63) is 68.9 Å². The summed E-state index contributed by atoms with van der Waals surface area (Å²) in [4.78, 5) is 26.5. The van der Waals surface area contributed by atoms with Crippen LogP contribution in [-0.2, 0) is 6.42 Å². The van der Waals surface area contributed by atoms with Gasteiger partial charge in [-0.3, -0.25) is 9.59 Å². The number of pyridine rings is 1. The molecule has 1 amide bonds. The Morgan fingerprint density at radius 2 is 2.00 bits per heavy atom. The van der Waals surface area contributed by atoms with E-state index in [0.717, 1.165) is 0 Å². The van der Waals surface area contributed by atoms with Crippen LogP contribution in [0.5, 0.6) is 0 Å². The molecular formula is C16H17FN2O2. The van der Waals surface area contributed by atoms with Crippen LogP contribution in [0.4, 0.5) is 4.39 Å². The molecule has 0 spiro atoms. The minimum atomic E-state index is -0.440. The lowest BCUT2D eigenvalue weighted by Gasteiger charge is -2.08. The molecule has 0 aliphatic carbocycles. The van der Waals surface area contributed by atoms with Crippen LogP contribution in [0.3, 0.4) is 0 Å². The number of carbonyl (C=O) groups is 1. The molecule has 0 atom stereocenters. The zero-order valence-electron chi connectivity index (χ0n) is 12.0. The summed E-state index contributed by atoms with van der Waals surface area (Å²) in [7, 11) is 0. The van der Waals surface area contributed by atoms with E-state index in [1.54, 1.807) is 38.1 Å². The van der Waals surface area contributed by atoms with Gasteiger partial charge in [-0.15, -0.1) is 0 Å². The number of aromatic amines is 1. The van der Waals surface area contributed by atoms with E-state index in [1.165, 1.54) is 6.07 Å². The van der Waals surface area contributed by atoms with Gasteiger partial charge in [0.15, 0.2) is 0 Å². The first-order valence-corrected chi connectivity index (χ1v) is 6.71. The molecule has 1 heterocycles. The second-order valence-corrected chi connectivity index (χ2v) is 4.94. The molecule has 0 fully saturated rings. The van der Waals surface area contributed by atoms with Crippen molar-refractivity contribution in [1.29, 1.82) is 0 Å². The number of aryl methyl sites for hydroxylation is 2. The van der Waals surface area contributed by atoms with Crippen molar-refractivity contribution >= 4 is 5.91 Å². The zero-order valence-corrected chi connectivity index (χ0v) is 12.0. The maximum absolute atomic E-state index is 13.4. The van der Waals surface area contributed by atoms with Gasteiger partial charge in [-0.05, 0) is 43.5 Å². The third kappa shape index (κ3) is 3.56. The monoisotopic (exact) mass is 288 g/mol. The highest BCUT2D eigenvalue weighted by molar-refractivity contribution is 5.95. The number of nitrogens with one attached hydrogen (secondary N) is 2. The summed E-state index contributed by atoms with van der Waals surface area (Å²) in [5.41, 5.74) is 1.57. The van der Waals surface area contributed by atoms with Crippen LogP contribution < -0.4 is 10.9 Å². The Bertz CT molecular complexity index is 722. The number of carbonyl (C=O) groups excluding carboxylic acids is 1. The fourth-order valence-corrected chi connectivity index (χ4v) is 2.24. The number of H-pyrrole nitrogens is 1. The van der Waals surface area contributed by atoms with E-state index in [0.29, 0.717) is 23.2 Å². The Balaban J connectivity index is 2.03. The summed E-state index contributed by atoms with van der Waals surface area (Å²) < 4.78 is 13.4. The Kier molecular flexibility index (Phi) is 4.52. The predicted octanol–water partition coefficient (Wildman–Crippen LogP) is 2.10. The minimum absolute atomic E-state index is 0.106. The van der Waals surface area contributed by atoms with E-state index in [-0.39, 0.29) is 17.9 Å². The Labute approximate surface area is 122 Å². The molecule has 0 aliphatic heterocycles. The highest BCUT2D eigenvalue weighted by atomic mass is 19.1. The normalized spacial score (nSPS) is 10.4. The van der Waals surface area contributed by atoms with Gasteiger partial charge in [-0.1, -0.05) is 18.2 Å². The van der Waals surface area contributed by atoms with Crippen molar-refractivity contribution in [3.63, 3.8) is 0 Å². The molecule has 5 heteroatoms. The number of benzene rings is 1. The second kappa shape index (κ2) is 6.35. The number of halogens is 1. The fourth-order valence-electron chi connectivity index (χ4n) is 2.24. The van der Waals surface area contributed by atoms with Crippen LogP contribution in [0.15, 0.2) is 35.1 Å². The lowest BCUT2D eigenvalue weighted by Crippen LogP contribution is -2.32. The molecule has 1 aromatic carbocycles.